The number of aldehydes is 1. The van der Waals surface area contributed by atoms with Crippen LogP contribution in [0.15, 0.2) is 71.0 Å². The molecule has 0 atom stereocenters. The van der Waals surface area contributed by atoms with E-state index in [4.69, 9.17) is 0 Å². The van der Waals surface area contributed by atoms with Crippen molar-refractivity contribution in [3.05, 3.63) is 104 Å². The fourth-order valence-electron chi connectivity index (χ4n) is 5.14. The van der Waals surface area contributed by atoms with Crippen LogP contribution < -0.4 is 20.9 Å². The third kappa shape index (κ3) is 6.45. The maximum atomic E-state index is 13.6. The molecule has 7 aromatic heterocycles. The Balaban J connectivity index is 0.000000149. The van der Waals surface area contributed by atoms with Crippen LogP contribution in [0.2, 0.25) is 0 Å². The molecule has 0 aliphatic heterocycles. The van der Waals surface area contributed by atoms with Gasteiger partial charge in [-0.05, 0) is 43.9 Å². The lowest BCUT2D eigenvalue weighted by Crippen LogP contribution is -2.19. The molecule has 2 fully saturated rings. The van der Waals surface area contributed by atoms with Crippen molar-refractivity contribution in [3.8, 4) is 28.4 Å². The Morgan fingerprint density at radius 3 is 2.22 bits per heavy atom. The molecule has 3 N–H and O–H groups in total. The SMILES string of the molecule is O=Cc1cnn2c(NC3CC3)cc(-c3ccnc(F)c3)nc12.O=c1[nH]c(O)c(C=c2cnn3c(=NC4CC4)cc(-c4ccnc(F)c4)nc23)s1. The number of hydrogen-bond donors (Lipinski definition) is 3. The largest absolute Gasteiger partial charge is 0.493 e. The number of fused-ring (bicyclic) bond motifs is 2. The van der Waals surface area contributed by atoms with E-state index in [1.165, 1.54) is 30.7 Å². The molecule has 250 valence electrons. The van der Waals surface area contributed by atoms with Crippen molar-refractivity contribution in [1.29, 1.82) is 0 Å². The molecule has 0 spiro atoms. The second kappa shape index (κ2) is 12.7. The normalized spacial score (nSPS) is 15.0. The first kappa shape index (κ1) is 31.1. The molecule has 7 heterocycles. The van der Waals surface area contributed by atoms with Crippen LogP contribution in [0.5, 0.6) is 5.88 Å². The highest BCUT2D eigenvalue weighted by Crippen LogP contribution is 2.29. The van der Waals surface area contributed by atoms with Gasteiger partial charge in [-0.15, -0.1) is 0 Å². The second-order valence-electron chi connectivity index (χ2n) is 11.7. The summed E-state index contributed by atoms with van der Waals surface area (Å²) >= 11 is 0.886. The molecule has 0 amide bonds. The minimum absolute atomic E-state index is 0.204. The number of rotatable bonds is 7. The minimum Gasteiger partial charge on any atom is -0.493 e. The third-order valence-electron chi connectivity index (χ3n) is 7.89. The molecular formula is C33H25F2N11O3S. The Morgan fingerprint density at radius 2 is 1.60 bits per heavy atom. The van der Waals surface area contributed by atoms with Crippen molar-refractivity contribution in [1.82, 2.24) is 44.1 Å². The number of anilines is 1. The molecule has 2 aliphatic rings. The maximum Gasteiger partial charge on any atom is 0.307 e. The van der Waals surface area contributed by atoms with Gasteiger partial charge < -0.3 is 10.4 Å². The van der Waals surface area contributed by atoms with Crippen molar-refractivity contribution in [2.24, 2.45) is 4.99 Å². The summed E-state index contributed by atoms with van der Waals surface area (Å²) < 4.78 is 30.1. The van der Waals surface area contributed by atoms with Gasteiger partial charge in [-0.1, -0.05) is 11.3 Å². The number of halogens is 2. The zero-order chi connectivity index (χ0) is 34.4. The molecule has 17 heteroatoms. The average molecular weight is 694 g/mol. The average Bonchev–Trinajstić information content (AvgIpc) is 4.00. The van der Waals surface area contributed by atoms with Gasteiger partial charge >= 0.3 is 4.87 Å². The number of carbonyl (C=O) groups is 1. The van der Waals surface area contributed by atoms with Gasteiger partial charge in [0.1, 0.15) is 5.82 Å². The Hall–Kier alpha value is -6.23. The summed E-state index contributed by atoms with van der Waals surface area (Å²) in [7, 11) is 0. The smallest absolute Gasteiger partial charge is 0.307 e. The van der Waals surface area contributed by atoms with Gasteiger partial charge in [0, 0.05) is 59.0 Å². The van der Waals surface area contributed by atoms with E-state index in [1.54, 1.807) is 39.5 Å². The molecule has 50 heavy (non-hydrogen) atoms. The number of aromatic nitrogens is 9. The lowest BCUT2D eigenvalue weighted by atomic mass is 10.2. The summed E-state index contributed by atoms with van der Waals surface area (Å²) in [4.78, 5) is 45.8. The third-order valence-corrected chi connectivity index (χ3v) is 8.70. The lowest BCUT2D eigenvalue weighted by molar-refractivity contribution is 0.112. The van der Waals surface area contributed by atoms with Crippen LogP contribution in [-0.2, 0) is 0 Å². The highest BCUT2D eigenvalue weighted by molar-refractivity contribution is 7.10. The summed E-state index contributed by atoms with van der Waals surface area (Å²) in [5.74, 6) is -0.625. The first-order valence-electron chi connectivity index (χ1n) is 15.5. The van der Waals surface area contributed by atoms with Crippen molar-refractivity contribution >= 4 is 40.8 Å². The minimum atomic E-state index is -0.595. The number of nitrogens with zero attached hydrogens (tertiary/aromatic N) is 9. The van der Waals surface area contributed by atoms with E-state index in [-0.39, 0.29) is 16.8 Å². The summed E-state index contributed by atoms with van der Waals surface area (Å²) in [6, 6.07) is 10.2. The van der Waals surface area contributed by atoms with Crippen LogP contribution in [0.3, 0.4) is 0 Å². The second-order valence-corrected chi connectivity index (χ2v) is 12.7. The van der Waals surface area contributed by atoms with Crippen LogP contribution in [0.1, 0.15) is 40.9 Å². The maximum absolute atomic E-state index is 13.6. The Kier molecular flexibility index (Phi) is 7.87. The van der Waals surface area contributed by atoms with Crippen molar-refractivity contribution in [3.63, 3.8) is 0 Å². The number of carbonyl (C=O) groups excluding carboxylic acids is 1. The molecule has 2 aliphatic carbocycles. The molecule has 0 bridgehead atoms. The molecule has 0 unspecified atom stereocenters. The van der Waals surface area contributed by atoms with Crippen molar-refractivity contribution < 1.29 is 18.7 Å². The van der Waals surface area contributed by atoms with E-state index < -0.39 is 11.9 Å². The fraction of sp³-hybridized carbons (Fsp3) is 0.182. The number of aromatic amines is 1. The number of aromatic hydroxyl groups is 1. The topological polar surface area (TPSA) is 181 Å². The monoisotopic (exact) mass is 693 g/mol. The fourth-order valence-corrected chi connectivity index (χ4v) is 5.82. The van der Waals surface area contributed by atoms with Gasteiger partial charge in [0.25, 0.3) is 0 Å². The predicted molar refractivity (Wildman–Crippen MR) is 178 cm³/mol. The molecule has 2 saturated carbocycles. The molecule has 14 nitrogen and oxygen atoms in total. The van der Waals surface area contributed by atoms with Crippen molar-refractivity contribution in [2.75, 3.05) is 5.32 Å². The standard InChI is InChI=1S/C18H13FN6O2S.C15H12FN5O/c19-14-6-9(3-4-20-14)12-7-15(22-11-1-2-11)25-16(23-12)10(8-21-25)5-13-17(26)24-18(27)28-13;16-13-5-9(3-4-17-13)12-6-14(19-11-1-2-11)21-15(20-12)10(8-22)7-18-21/h3-8,11,26H,1-2H2,(H,24,27);3-8,11,19H,1-2H2. The first-order valence-corrected chi connectivity index (χ1v) is 16.3. The van der Waals surface area contributed by atoms with Gasteiger partial charge in [-0.3, -0.25) is 19.6 Å². The number of H-pyrrole nitrogens is 1. The Labute approximate surface area is 283 Å². The summed E-state index contributed by atoms with van der Waals surface area (Å²) in [5.41, 5.74) is 4.24. The van der Waals surface area contributed by atoms with Crippen LogP contribution in [-0.4, -0.2) is 67.6 Å². The van der Waals surface area contributed by atoms with E-state index in [1.807, 2.05) is 6.07 Å². The van der Waals surface area contributed by atoms with Crippen molar-refractivity contribution in [2.45, 2.75) is 37.8 Å². The van der Waals surface area contributed by atoms with Gasteiger partial charge in [0.2, 0.25) is 17.8 Å². The van der Waals surface area contributed by atoms with E-state index in [0.29, 0.717) is 67.3 Å². The molecule has 9 rings (SSSR count). The Morgan fingerprint density at radius 1 is 0.920 bits per heavy atom. The van der Waals surface area contributed by atoms with Crippen LogP contribution in [0.25, 0.3) is 39.9 Å². The number of pyridine rings is 2. The number of thiazole rings is 1. The highest BCUT2D eigenvalue weighted by atomic mass is 32.1. The zero-order valence-corrected chi connectivity index (χ0v) is 26.7. The Bertz CT molecular complexity index is 2610. The molecule has 0 radical (unpaired) electrons. The highest BCUT2D eigenvalue weighted by Gasteiger charge is 2.23. The first-order chi connectivity index (χ1) is 24.3. The lowest BCUT2D eigenvalue weighted by Gasteiger charge is -2.10. The van der Waals surface area contributed by atoms with Gasteiger partial charge in [0.15, 0.2) is 23.1 Å². The molecule has 7 aromatic rings. The number of nitrogens with one attached hydrogen (secondary N) is 2. The predicted octanol–water partition coefficient (Wildman–Crippen LogP) is 3.31. The van der Waals surface area contributed by atoms with E-state index in [0.717, 1.165) is 42.8 Å². The van der Waals surface area contributed by atoms with E-state index in [2.05, 4.69) is 45.4 Å². The molecular weight excluding hydrogens is 669 g/mol. The molecule has 0 aromatic carbocycles. The van der Waals surface area contributed by atoms with Crippen LogP contribution >= 0.6 is 11.3 Å². The van der Waals surface area contributed by atoms with Crippen LogP contribution in [0, 0.1) is 11.9 Å². The van der Waals surface area contributed by atoms with E-state index in [9.17, 15) is 23.5 Å². The van der Waals surface area contributed by atoms with Gasteiger partial charge in [0.05, 0.1) is 40.3 Å². The van der Waals surface area contributed by atoms with Crippen LogP contribution in [0.4, 0.5) is 14.6 Å². The summed E-state index contributed by atoms with van der Waals surface area (Å²) in [6.45, 7) is 0. The van der Waals surface area contributed by atoms with Gasteiger partial charge in [-0.2, -0.15) is 28.0 Å². The quantitative estimate of drug-likeness (QED) is 0.166. The zero-order valence-electron chi connectivity index (χ0n) is 25.9. The summed E-state index contributed by atoms with van der Waals surface area (Å²) in [5, 5.41) is 22.4. The summed E-state index contributed by atoms with van der Waals surface area (Å²) in [6.07, 6.45) is 12.4. The van der Waals surface area contributed by atoms with E-state index >= 15 is 0 Å². The molecule has 0 saturated heterocycles. The number of hydrogen-bond acceptors (Lipinski definition) is 12. The van der Waals surface area contributed by atoms with Gasteiger partial charge in [-0.25, -0.2) is 19.9 Å².